The molecule has 0 radical (unpaired) electrons. The number of hydrogen-bond acceptors (Lipinski definition) is 5. The standard InChI is InChI=1S/C17H19N5O/c1-11(2)10-19-17(23)15-8-16(21-12(3)20-15)22-14-7-5-4-6-13(14)9-18/h4-8,11H,10H2,1-3H3,(H,19,23)(H,20,21,22). The van der Waals surface area contributed by atoms with Gasteiger partial charge in [-0.3, -0.25) is 4.79 Å². The Hall–Kier alpha value is -2.94. The molecule has 0 saturated carbocycles. The third-order valence-electron chi connectivity index (χ3n) is 3.05. The Morgan fingerprint density at radius 3 is 2.74 bits per heavy atom. The largest absolute Gasteiger partial charge is 0.350 e. The first-order chi connectivity index (χ1) is 11.0. The van der Waals surface area contributed by atoms with Gasteiger partial charge < -0.3 is 10.6 Å². The van der Waals surface area contributed by atoms with Crippen molar-refractivity contribution in [3.05, 3.63) is 47.4 Å². The fourth-order valence-corrected chi connectivity index (χ4v) is 1.96. The first-order valence-corrected chi connectivity index (χ1v) is 7.39. The minimum absolute atomic E-state index is 0.235. The van der Waals surface area contributed by atoms with Gasteiger partial charge in [0.15, 0.2) is 0 Å². The molecule has 2 aromatic rings. The summed E-state index contributed by atoms with van der Waals surface area (Å²) in [6, 6.07) is 10.8. The van der Waals surface area contributed by atoms with Gasteiger partial charge >= 0.3 is 0 Å². The van der Waals surface area contributed by atoms with Crippen molar-refractivity contribution < 1.29 is 4.79 Å². The highest BCUT2D eigenvalue weighted by molar-refractivity contribution is 5.93. The Bertz CT molecular complexity index is 749. The van der Waals surface area contributed by atoms with Crippen LogP contribution >= 0.6 is 0 Å². The molecule has 1 amide bonds. The summed E-state index contributed by atoms with van der Waals surface area (Å²) in [5.41, 5.74) is 1.45. The van der Waals surface area contributed by atoms with Crippen LogP contribution < -0.4 is 10.6 Å². The van der Waals surface area contributed by atoms with Gasteiger partial charge in [0, 0.05) is 12.6 Å². The zero-order chi connectivity index (χ0) is 16.8. The first kappa shape index (κ1) is 16.4. The molecule has 0 atom stereocenters. The molecule has 1 aromatic carbocycles. The van der Waals surface area contributed by atoms with E-state index < -0.39 is 0 Å². The third kappa shape index (κ3) is 4.51. The molecule has 0 fully saturated rings. The number of nitriles is 1. The minimum Gasteiger partial charge on any atom is -0.350 e. The van der Waals surface area contributed by atoms with Crippen LogP contribution in [0.3, 0.4) is 0 Å². The molecular formula is C17H19N5O. The van der Waals surface area contributed by atoms with Crippen LogP contribution in [0.25, 0.3) is 0 Å². The lowest BCUT2D eigenvalue weighted by Crippen LogP contribution is -2.28. The van der Waals surface area contributed by atoms with E-state index in [1.807, 2.05) is 19.9 Å². The van der Waals surface area contributed by atoms with Crippen molar-refractivity contribution in [2.75, 3.05) is 11.9 Å². The van der Waals surface area contributed by atoms with Gasteiger partial charge in [0.1, 0.15) is 23.4 Å². The smallest absolute Gasteiger partial charge is 0.270 e. The number of para-hydroxylation sites is 1. The molecular weight excluding hydrogens is 290 g/mol. The summed E-state index contributed by atoms with van der Waals surface area (Å²) >= 11 is 0. The monoisotopic (exact) mass is 309 g/mol. The molecule has 0 unspecified atom stereocenters. The zero-order valence-corrected chi connectivity index (χ0v) is 13.4. The number of carbonyl (C=O) groups excluding carboxylic acids is 1. The van der Waals surface area contributed by atoms with E-state index in [0.717, 1.165) is 0 Å². The summed E-state index contributed by atoms with van der Waals surface area (Å²) in [5, 5.41) is 15.0. The number of amides is 1. The molecule has 0 aliphatic heterocycles. The molecule has 1 aromatic heterocycles. The second-order valence-corrected chi connectivity index (χ2v) is 5.57. The highest BCUT2D eigenvalue weighted by atomic mass is 16.1. The van der Waals surface area contributed by atoms with Crippen molar-refractivity contribution in [2.45, 2.75) is 20.8 Å². The van der Waals surface area contributed by atoms with Crippen molar-refractivity contribution >= 4 is 17.4 Å². The van der Waals surface area contributed by atoms with Gasteiger partial charge in [0.05, 0.1) is 11.3 Å². The first-order valence-electron chi connectivity index (χ1n) is 7.39. The van der Waals surface area contributed by atoms with E-state index in [9.17, 15) is 4.79 Å². The molecule has 6 heteroatoms. The second-order valence-electron chi connectivity index (χ2n) is 5.57. The van der Waals surface area contributed by atoms with Gasteiger partial charge in [-0.25, -0.2) is 9.97 Å². The van der Waals surface area contributed by atoms with Crippen LogP contribution in [-0.4, -0.2) is 22.4 Å². The van der Waals surface area contributed by atoms with Gasteiger partial charge in [0.2, 0.25) is 0 Å². The number of rotatable bonds is 5. The van der Waals surface area contributed by atoms with Crippen molar-refractivity contribution in [2.24, 2.45) is 5.92 Å². The summed E-state index contributed by atoms with van der Waals surface area (Å²) in [7, 11) is 0. The average Bonchev–Trinajstić information content (AvgIpc) is 2.52. The number of carbonyl (C=O) groups is 1. The van der Waals surface area contributed by atoms with Crippen LogP contribution in [0.4, 0.5) is 11.5 Å². The molecule has 0 spiro atoms. The summed E-state index contributed by atoms with van der Waals surface area (Å²) in [6.45, 7) is 6.36. The van der Waals surface area contributed by atoms with Crippen LogP contribution in [0, 0.1) is 24.2 Å². The number of nitrogens with zero attached hydrogens (tertiary/aromatic N) is 3. The fourth-order valence-electron chi connectivity index (χ4n) is 1.96. The van der Waals surface area contributed by atoms with E-state index in [4.69, 9.17) is 5.26 Å². The van der Waals surface area contributed by atoms with Gasteiger partial charge in [-0.05, 0) is 25.0 Å². The Labute approximate surface area is 135 Å². The quantitative estimate of drug-likeness (QED) is 0.886. The van der Waals surface area contributed by atoms with E-state index in [1.165, 1.54) is 0 Å². The molecule has 0 aliphatic carbocycles. The lowest BCUT2D eigenvalue weighted by molar-refractivity contribution is 0.0943. The molecule has 0 aliphatic rings. The Balaban J connectivity index is 2.24. The zero-order valence-electron chi connectivity index (χ0n) is 13.4. The molecule has 2 N–H and O–H groups in total. The minimum atomic E-state index is -0.235. The van der Waals surface area contributed by atoms with E-state index in [0.29, 0.717) is 41.0 Å². The van der Waals surface area contributed by atoms with Gasteiger partial charge in [-0.2, -0.15) is 5.26 Å². The van der Waals surface area contributed by atoms with E-state index in [-0.39, 0.29) is 5.91 Å². The molecule has 23 heavy (non-hydrogen) atoms. The van der Waals surface area contributed by atoms with Crippen molar-refractivity contribution in [1.29, 1.82) is 5.26 Å². The number of aromatic nitrogens is 2. The predicted molar refractivity (Wildman–Crippen MR) is 88.4 cm³/mol. The van der Waals surface area contributed by atoms with Gasteiger partial charge in [0.25, 0.3) is 5.91 Å². The summed E-state index contributed by atoms with van der Waals surface area (Å²) in [4.78, 5) is 20.6. The summed E-state index contributed by atoms with van der Waals surface area (Å²) in [5.74, 6) is 1.09. The lowest BCUT2D eigenvalue weighted by Gasteiger charge is -2.11. The van der Waals surface area contributed by atoms with Gasteiger partial charge in [-0.15, -0.1) is 0 Å². The van der Waals surface area contributed by atoms with Crippen molar-refractivity contribution in [3.8, 4) is 6.07 Å². The molecule has 2 rings (SSSR count). The van der Waals surface area contributed by atoms with Crippen molar-refractivity contribution in [3.63, 3.8) is 0 Å². The maximum absolute atomic E-state index is 12.1. The van der Waals surface area contributed by atoms with E-state index in [2.05, 4.69) is 26.7 Å². The number of aryl methyl sites for hydroxylation is 1. The maximum atomic E-state index is 12.1. The normalized spacial score (nSPS) is 10.2. The van der Waals surface area contributed by atoms with Gasteiger partial charge in [-0.1, -0.05) is 26.0 Å². The highest BCUT2D eigenvalue weighted by Crippen LogP contribution is 2.19. The van der Waals surface area contributed by atoms with Crippen LogP contribution in [0.5, 0.6) is 0 Å². The summed E-state index contributed by atoms with van der Waals surface area (Å²) in [6.07, 6.45) is 0. The Morgan fingerprint density at radius 1 is 1.30 bits per heavy atom. The second kappa shape index (κ2) is 7.36. The number of benzene rings is 1. The number of hydrogen-bond donors (Lipinski definition) is 2. The molecule has 118 valence electrons. The highest BCUT2D eigenvalue weighted by Gasteiger charge is 2.11. The molecule has 6 nitrogen and oxygen atoms in total. The van der Waals surface area contributed by atoms with Crippen LogP contribution in [0.2, 0.25) is 0 Å². The Morgan fingerprint density at radius 2 is 2.04 bits per heavy atom. The molecule has 0 bridgehead atoms. The lowest BCUT2D eigenvalue weighted by atomic mass is 10.2. The number of nitrogens with one attached hydrogen (secondary N) is 2. The SMILES string of the molecule is Cc1nc(Nc2ccccc2C#N)cc(C(=O)NCC(C)C)n1. The van der Waals surface area contributed by atoms with Crippen LogP contribution in [0.1, 0.15) is 35.7 Å². The fraction of sp³-hybridized carbons (Fsp3) is 0.294. The third-order valence-corrected chi connectivity index (χ3v) is 3.05. The van der Waals surface area contributed by atoms with Crippen LogP contribution in [-0.2, 0) is 0 Å². The van der Waals surface area contributed by atoms with Crippen LogP contribution in [0.15, 0.2) is 30.3 Å². The maximum Gasteiger partial charge on any atom is 0.270 e. The molecule has 0 saturated heterocycles. The topological polar surface area (TPSA) is 90.7 Å². The van der Waals surface area contributed by atoms with Crippen molar-refractivity contribution in [1.82, 2.24) is 15.3 Å². The molecule has 1 heterocycles. The number of anilines is 2. The van der Waals surface area contributed by atoms with E-state index >= 15 is 0 Å². The average molecular weight is 309 g/mol. The Kier molecular flexibility index (Phi) is 5.26. The predicted octanol–water partition coefficient (Wildman–Crippen LogP) is 2.79. The summed E-state index contributed by atoms with van der Waals surface area (Å²) < 4.78 is 0. The van der Waals surface area contributed by atoms with E-state index in [1.54, 1.807) is 31.2 Å².